The van der Waals surface area contributed by atoms with Crippen LogP contribution in [0.3, 0.4) is 0 Å². The SMILES string of the molecule is CCc1ccc(C2=N[C@@H](c3cccnc3)N[C@@H](c3cc(Br)ccc3O)C2)cc1. The lowest BCUT2D eigenvalue weighted by Gasteiger charge is -2.31. The zero-order chi connectivity index (χ0) is 19.5. The Morgan fingerprint density at radius 1 is 1.14 bits per heavy atom. The molecule has 0 bridgehead atoms. The van der Waals surface area contributed by atoms with E-state index in [-0.39, 0.29) is 18.0 Å². The fourth-order valence-corrected chi connectivity index (χ4v) is 3.91. The van der Waals surface area contributed by atoms with Gasteiger partial charge in [0.1, 0.15) is 11.9 Å². The summed E-state index contributed by atoms with van der Waals surface area (Å²) in [6.45, 7) is 2.15. The summed E-state index contributed by atoms with van der Waals surface area (Å²) >= 11 is 3.52. The first-order valence-corrected chi connectivity index (χ1v) is 10.2. The number of halogens is 1. The van der Waals surface area contributed by atoms with Crippen molar-refractivity contribution in [1.82, 2.24) is 10.3 Å². The maximum absolute atomic E-state index is 10.5. The van der Waals surface area contributed by atoms with Crippen LogP contribution >= 0.6 is 15.9 Å². The molecule has 1 aliphatic rings. The highest BCUT2D eigenvalue weighted by Crippen LogP contribution is 2.35. The molecule has 5 heteroatoms. The number of phenolic OH excluding ortho intramolecular Hbond substituents is 1. The first kappa shape index (κ1) is 18.8. The first-order valence-electron chi connectivity index (χ1n) is 9.44. The third-order valence-corrected chi connectivity index (χ3v) is 5.60. The van der Waals surface area contributed by atoms with Crippen LogP contribution in [0.2, 0.25) is 0 Å². The molecule has 1 aliphatic heterocycles. The predicted octanol–water partition coefficient (Wildman–Crippen LogP) is 5.33. The smallest absolute Gasteiger partial charge is 0.127 e. The molecular formula is C23H22BrN3O. The van der Waals surface area contributed by atoms with Gasteiger partial charge >= 0.3 is 0 Å². The number of aromatic nitrogens is 1. The lowest BCUT2D eigenvalue weighted by atomic mass is 9.93. The summed E-state index contributed by atoms with van der Waals surface area (Å²) in [6.07, 6.45) is 5.10. The van der Waals surface area contributed by atoms with Crippen molar-refractivity contribution in [3.8, 4) is 5.75 Å². The first-order chi connectivity index (χ1) is 13.6. The quantitative estimate of drug-likeness (QED) is 0.581. The molecule has 0 spiro atoms. The minimum Gasteiger partial charge on any atom is -0.508 e. The van der Waals surface area contributed by atoms with E-state index in [0.29, 0.717) is 6.42 Å². The number of nitrogens with one attached hydrogen (secondary N) is 1. The van der Waals surface area contributed by atoms with E-state index in [1.165, 1.54) is 5.56 Å². The normalized spacial score (nSPS) is 19.3. The Bertz CT molecular complexity index is 986. The van der Waals surface area contributed by atoms with Crippen molar-refractivity contribution in [3.63, 3.8) is 0 Å². The minimum absolute atomic E-state index is 0.0546. The molecule has 0 aliphatic carbocycles. The Balaban J connectivity index is 1.74. The number of nitrogens with zero attached hydrogens (tertiary/aromatic N) is 2. The summed E-state index contributed by atoms with van der Waals surface area (Å²) in [5.41, 5.74) is 5.32. The molecule has 1 aromatic heterocycles. The van der Waals surface area contributed by atoms with Crippen LogP contribution in [0.15, 0.2) is 76.5 Å². The zero-order valence-corrected chi connectivity index (χ0v) is 17.2. The average molecular weight is 436 g/mol. The van der Waals surface area contributed by atoms with Gasteiger partial charge in [0.25, 0.3) is 0 Å². The Morgan fingerprint density at radius 2 is 1.96 bits per heavy atom. The highest BCUT2D eigenvalue weighted by molar-refractivity contribution is 9.10. The number of hydrogen-bond donors (Lipinski definition) is 2. The molecule has 2 aromatic carbocycles. The number of hydrogen-bond acceptors (Lipinski definition) is 4. The molecule has 2 atom stereocenters. The van der Waals surface area contributed by atoms with Crippen molar-refractivity contribution in [2.75, 3.05) is 0 Å². The van der Waals surface area contributed by atoms with Gasteiger partial charge in [-0.2, -0.15) is 0 Å². The molecule has 0 saturated heterocycles. The number of aryl methyl sites for hydroxylation is 1. The summed E-state index contributed by atoms with van der Waals surface area (Å²) in [5, 5.41) is 14.0. The van der Waals surface area contributed by atoms with Crippen LogP contribution in [0.4, 0.5) is 0 Å². The van der Waals surface area contributed by atoms with Crippen LogP contribution < -0.4 is 5.32 Å². The number of aromatic hydroxyl groups is 1. The summed E-state index contributed by atoms with van der Waals surface area (Å²) in [7, 11) is 0. The predicted molar refractivity (Wildman–Crippen MR) is 116 cm³/mol. The zero-order valence-electron chi connectivity index (χ0n) is 15.6. The molecule has 4 rings (SSSR count). The number of benzene rings is 2. The average Bonchev–Trinajstić information content (AvgIpc) is 2.76. The number of phenols is 1. The van der Waals surface area contributed by atoms with Crippen LogP contribution in [-0.2, 0) is 6.42 Å². The largest absolute Gasteiger partial charge is 0.508 e. The van der Waals surface area contributed by atoms with E-state index in [1.807, 2.05) is 30.5 Å². The summed E-state index contributed by atoms with van der Waals surface area (Å²) < 4.78 is 0.941. The summed E-state index contributed by atoms with van der Waals surface area (Å²) in [4.78, 5) is 9.22. The van der Waals surface area contributed by atoms with Crippen LogP contribution in [0.25, 0.3) is 0 Å². The van der Waals surface area contributed by atoms with Gasteiger partial charge in [-0.1, -0.05) is 53.2 Å². The van der Waals surface area contributed by atoms with Crippen molar-refractivity contribution in [2.45, 2.75) is 32.0 Å². The number of aliphatic imine (C=N–C) groups is 1. The van der Waals surface area contributed by atoms with Gasteiger partial charge in [-0.3, -0.25) is 15.3 Å². The third-order valence-electron chi connectivity index (χ3n) is 5.10. The molecule has 2 heterocycles. The number of pyridine rings is 1. The second-order valence-corrected chi connectivity index (χ2v) is 7.86. The van der Waals surface area contributed by atoms with Crippen molar-refractivity contribution < 1.29 is 5.11 Å². The van der Waals surface area contributed by atoms with Gasteiger partial charge in [0.2, 0.25) is 0 Å². The fraction of sp³-hybridized carbons (Fsp3) is 0.217. The van der Waals surface area contributed by atoms with Gasteiger partial charge in [-0.05, 0) is 41.8 Å². The van der Waals surface area contributed by atoms with E-state index in [1.54, 1.807) is 12.3 Å². The third kappa shape index (κ3) is 4.01. The maximum Gasteiger partial charge on any atom is 0.127 e. The Hall–Kier alpha value is -2.50. The molecule has 4 nitrogen and oxygen atoms in total. The Morgan fingerprint density at radius 3 is 2.68 bits per heavy atom. The highest BCUT2D eigenvalue weighted by Gasteiger charge is 2.27. The van der Waals surface area contributed by atoms with E-state index in [9.17, 15) is 5.11 Å². The van der Waals surface area contributed by atoms with Gasteiger partial charge in [0.15, 0.2) is 0 Å². The van der Waals surface area contributed by atoms with Crippen molar-refractivity contribution >= 4 is 21.6 Å². The van der Waals surface area contributed by atoms with Gasteiger partial charge < -0.3 is 5.11 Å². The molecule has 0 radical (unpaired) electrons. The molecule has 142 valence electrons. The minimum atomic E-state index is -0.216. The van der Waals surface area contributed by atoms with Crippen LogP contribution in [0, 0.1) is 0 Å². The van der Waals surface area contributed by atoms with E-state index in [2.05, 4.69) is 57.4 Å². The molecule has 0 amide bonds. The molecule has 3 aromatic rings. The molecular weight excluding hydrogens is 414 g/mol. The van der Waals surface area contributed by atoms with Gasteiger partial charge in [-0.25, -0.2) is 0 Å². The van der Waals surface area contributed by atoms with Gasteiger partial charge in [-0.15, -0.1) is 0 Å². The van der Waals surface area contributed by atoms with Gasteiger partial charge in [0, 0.05) is 46.2 Å². The summed E-state index contributed by atoms with van der Waals surface area (Å²) in [6, 6.07) is 18.0. The van der Waals surface area contributed by atoms with E-state index >= 15 is 0 Å². The standard InChI is InChI=1S/C23H22BrN3O/c1-2-15-5-7-16(8-6-15)20-13-21(19-12-18(24)9-10-22(19)28)27-23(26-20)17-4-3-11-25-14-17/h3-12,14,21,23,27-28H,2,13H2,1H3/t21-,23-/m1/s1. The maximum atomic E-state index is 10.5. The van der Waals surface area contributed by atoms with E-state index in [0.717, 1.165) is 33.3 Å². The van der Waals surface area contributed by atoms with E-state index in [4.69, 9.17) is 4.99 Å². The topological polar surface area (TPSA) is 57.5 Å². The number of rotatable bonds is 4. The molecule has 0 saturated carbocycles. The fourth-order valence-electron chi connectivity index (χ4n) is 3.53. The van der Waals surface area contributed by atoms with Crippen molar-refractivity contribution in [1.29, 1.82) is 0 Å². The second-order valence-electron chi connectivity index (χ2n) is 6.94. The monoisotopic (exact) mass is 435 g/mol. The molecule has 0 fully saturated rings. The van der Waals surface area contributed by atoms with Crippen LogP contribution in [0.5, 0.6) is 5.75 Å². The highest BCUT2D eigenvalue weighted by atomic mass is 79.9. The van der Waals surface area contributed by atoms with Crippen molar-refractivity contribution in [2.24, 2.45) is 4.99 Å². The molecule has 28 heavy (non-hydrogen) atoms. The van der Waals surface area contributed by atoms with Crippen LogP contribution in [0.1, 0.15) is 47.8 Å². The van der Waals surface area contributed by atoms with Crippen molar-refractivity contribution in [3.05, 3.63) is 93.7 Å². The second kappa shape index (κ2) is 8.25. The van der Waals surface area contributed by atoms with E-state index < -0.39 is 0 Å². The molecule has 2 N–H and O–H groups in total. The lowest BCUT2D eigenvalue weighted by molar-refractivity contribution is 0.412. The van der Waals surface area contributed by atoms with Gasteiger partial charge in [0.05, 0.1) is 0 Å². The van der Waals surface area contributed by atoms with Crippen LogP contribution in [-0.4, -0.2) is 15.8 Å². The molecule has 0 unspecified atom stereocenters. The summed E-state index contributed by atoms with van der Waals surface area (Å²) in [5.74, 6) is 0.285. The Kier molecular flexibility index (Phi) is 5.55. The Labute approximate surface area is 173 Å². The lowest BCUT2D eigenvalue weighted by Crippen LogP contribution is -2.33.